The molecule has 3 aromatic rings. The van der Waals surface area contributed by atoms with Crippen LogP contribution < -0.4 is 16.6 Å². The van der Waals surface area contributed by atoms with Gasteiger partial charge in [0.15, 0.2) is 0 Å². The molecule has 6 nitrogen and oxygen atoms in total. The van der Waals surface area contributed by atoms with Crippen LogP contribution in [0.4, 0.5) is 4.79 Å². The molecule has 29 heavy (non-hydrogen) atoms. The van der Waals surface area contributed by atoms with Crippen molar-refractivity contribution in [1.82, 2.24) is 9.88 Å². The molecule has 0 bridgehead atoms. The molecule has 0 fully saturated rings. The van der Waals surface area contributed by atoms with Crippen LogP contribution in [-0.2, 0) is 13.1 Å². The Hall–Kier alpha value is -3.19. The Morgan fingerprint density at radius 2 is 1.86 bits per heavy atom. The lowest BCUT2D eigenvalue weighted by Gasteiger charge is -2.22. The monoisotopic (exact) mass is 409 g/mol. The lowest BCUT2D eigenvalue weighted by molar-refractivity contribution is 0.193. The van der Waals surface area contributed by atoms with Gasteiger partial charge < -0.3 is 20.7 Å². The smallest absolute Gasteiger partial charge is 0.404 e. The number of aromatic nitrogens is 1. The fraction of sp³-hybridized carbons (Fsp3) is 0.227. The Morgan fingerprint density at radius 3 is 2.45 bits per heavy atom. The molecule has 0 saturated carbocycles. The molecule has 4 N–H and O–H groups in total. The molecule has 0 radical (unpaired) electrons. The molecule has 0 aliphatic heterocycles. The van der Waals surface area contributed by atoms with E-state index in [1.807, 2.05) is 50.2 Å². The number of benzene rings is 2. The highest BCUT2D eigenvalue weighted by atomic mass is 32.1. The van der Waals surface area contributed by atoms with Gasteiger partial charge in [0.25, 0.3) is 5.56 Å². The molecular weight excluding hydrogens is 386 g/mol. The van der Waals surface area contributed by atoms with Crippen LogP contribution in [0.25, 0.3) is 21.9 Å². The summed E-state index contributed by atoms with van der Waals surface area (Å²) in [6.07, 6.45) is -1.15. The van der Waals surface area contributed by atoms with Crippen molar-refractivity contribution in [3.8, 4) is 11.1 Å². The van der Waals surface area contributed by atoms with E-state index in [0.717, 1.165) is 11.1 Å². The lowest BCUT2D eigenvalue weighted by atomic mass is 9.95. The molecule has 0 unspecified atom stereocenters. The topological polar surface area (TPSA) is 97.3 Å². The Kier molecular flexibility index (Phi) is 5.98. The first kappa shape index (κ1) is 20.5. The number of fused-ring (bicyclic) bond motifs is 1. The maximum atomic E-state index is 13.3. The summed E-state index contributed by atoms with van der Waals surface area (Å²) in [4.78, 5) is 24.8. The summed E-state index contributed by atoms with van der Waals surface area (Å²) in [5.74, 6) is 0.202. The molecule has 0 spiro atoms. The number of hydrogen-bond acceptors (Lipinski definition) is 3. The third kappa shape index (κ3) is 4.30. The molecule has 150 valence electrons. The van der Waals surface area contributed by atoms with Gasteiger partial charge in [-0.25, -0.2) is 4.79 Å². The number of rotatable bonds is 6. The van der Waals surface area contributed by atoms with Gasteiger partial charge in [-0.3, -0.25) is 4.79 Å². The van der Waals surface area contributed by atoms with E-state index in [2.05, 4.69) is 5.32 Å². The maximum absolute atomic E-state index is 13.3. The standard InChI is InChI=1S/C22H23N3O3S/c1-13(2)12-25-18(11-24-22(27)28)19(14-6-4-3-5-7-14)17-10-15(20(23)29)8-9-16(17)21(25)26/h3-10,13,24H,11-12H2,1-2H3,(H2,23,29)(H,27,28). The van der Waals surface area contributed by atoms with Gasteiger partial charge in [-0.2, -0.15) is 0 Å². The summed E-state index contributed by atoms with van der Waals surface area (Å²) >= 11 is 5.12. The van der Waals surface area contributed by atoms with E-state index >= 15 is 0 Å². The van der Waals surface area contributed by atoms with Gasteiger partial charge in [0.05, 0.1) is 6.54 Å². The molecule has 2 aromatic carbocycles. The molecule has 7 heteroatoms. The highest BCUT2D eigenvalue weighted by Crippen LogP contribution is 2.32. The molecule has 1 heterocycles. The number of thiocarbonyl (C=S) groups is 1. The SMILES string of the molecule is CC(C)Cn1c(CNC(=O)O)c(-c2ccccc2)c2cc(C(N)=S)ccc2c1=O. The van der Waals surface area contributed by atoms with Gasteiger partial charge in [-0.15, -0.1) is 0 Å². The number of nitrogens with zero attached hydrogens (tertiary/aromatic N) is 1. The van der Waals surface area contributed by atoms with Gasteiger partial charge in [-0.1, -0.05) is 62.5 Å². The number of nitrogens with two attached hydrogens (primary N) is 1. The molecule has 1 aromatic heterocycles. The van der Waals surface area contributed by atoms with E-state index in [1.165, 1.54) is 0 Å². The predicted molar refractivity (Wildman–Crippen MR) is 119 cm³/mol. The van der Waals surface area contributed by atoms with Crippen molar-refractivity contribution in [2.45, 2.75) is 26.9 Å². The largest absolute Gasteiger partial charge is 0.465 e. The number of carbonyl (C=O) groups is 1. The highest BCUT2D eigenvalue weighted by molar-refractivity contribution is 7.80. The number of amides is 1. The van der Waals surface area contributed by atoms with E-state index in [9.17, 15) is 14.7 Å². The second-order valence-corrected chi connectivity index (χ2v) is 7.72. The quantitative estimate of drug-likeness (QED) is 0.539. The van der Waals surface area contributed by atoms with E-state index in [4.69, 9.17) is 18.0 Å². The van der Waals surface area contributed by atoms with Crippen LogP contribution in [0.15, 0.2) is 53.3 Å². The van der Waals surface area contributed by atoms with Crippen LogP contribution in [0.2, 0.25) is 0 Å². The average Bonchev–Trinajstić information content (AvgIpc) is 2.68. The summed E-state index contributed by atoms with van der Waals surface area (Å²) in [6, 6.07) is 14.9. The van der Waals surface area contributed by atoms with Crippen LogP contribution in [0.1, 0.15) is 25.1 Å². The first-order valence-electron chi connectivity index (χ1n) is 9.31. The van der Waals surface area contributed by atoms with E-state index in [0.29, 0.717) is 28.6 Å². The second-order valence-electron chi connectivity index (χ2n) is 7.28. The zero-order valence-electron chi connectivity index (χ0n) is 16.3. The van der Waals surface area contributed by atoms with Crippen LogP contribution >= 0.6 is 12.2 Å². The minimum atomic E-state index is -1.15. The third-order valence-electron chi connectivity index (χ3n) is 4.68. The van der Waals surface area contributed by atoms with Crippen molar-refractivity contribution < 1.29 is 9.90 Å². The van der Waals surface area contributed by atoms with Crippen LogP contribution in [0.5, 0.6) is 0 Å². The third-order valence-corrected chi connectivity index (χ3v) is 4.92. The zero-order chi connectivity index (χ0) is 21.1. The molecular formula is C22H23N3O3S. The van der Waals surface area contributed by atoms with Crippen molar-refractivity contribution in [3.63, 3.8) is 0 Å². The lowest BCUT2D eigenvalue weighted by Crippen LogP contribution is -2.31. The van der Waals surface area contributed by atoms with Crippen LogP contribution in [0, 0.1) is 5.92 Å². The number of pyridine rings is 1. The fourth-order valence-corrected chi connectivity index (χ4v) is 3.60. The van der Waals surface area contributed by atoms with Crippen molar-refractivity contribution in [2.24, 2.45) is 11.7 Å². The van der Waals surface area contributed by atoms with Gasteiger partial charge >= 0.3 is 6.09 Å². The van der Waals surface area contributed by atoms with Gasteiger partial charge in [0.2, 0.25) is 0 Å². The van der Waals surface area contributed by atoms with E-state index < -0.39 is 6.09 Å². The van der Waals surface area contributed by atoms with E-state index in [-0.39, 0.29) is 23.0 Å². The van der Waals surface area contributed by atoms with Gasteiger partial charge in [-0.05, 0) is 29.0 Å². The summed E-state index contributed by atoms with van der Waals surface area (Å²) in [5, 5.41) is 12.8. The molecule has 3 rings (SSSR count). The molecule has 1 amide bonds. The Balaban J connectivity index is 2.46. The first-order valence-corrected chi connectivity index (χ1v) is 9.72. The fourth-order valence-electron chi connectivity index (χ4n) is 3.48. The van der Waals surface area contributed by atoms with E-state index in [1.54, 1.807) is 16.7 Å². The molecule has 0 saturated heterocycles. The van der Waals surface area contributed by atoms with Crippen molar-refractivity contribution in [1.29, 1.82) is 0 Å². The van der Waals surface area contributed by atoms with Crippen LogP contribution in [0.3, 0.4) is 0 Å². The molecule has 0 aliphatic rings. The second kappa shape index (κ2) is 8.45. The summed E-state index contributed by atoms with van der Waals surface area (Å²) < 4.78 is 1.67. The zero-order valence-corrected chi connectivity index (χ0v) is 17.1. The number of carboxylic acid groups (broad SMARTS) is 1. The number of nitrogens with one attached hydrogen (secondary N) is 1. The van der Waals surface area contributed by atoms with Crippen molar-refractivity contribution in [2.75, 3.05) is 0 Å². The normalized spacial score (nSPS) is 11.0. The Morgan fingerprint density at radius 1 is 1.17 bits per heavy atom. The highest BCUT2D eigenvalue weighted by Gasteiger charge is 2.20. The summed E-state index contributed by atoms with van der Waals surface area (Å²) in [5.41, 5.74) is 8.62. The van der Waals surface area contributed by atoms with Crippen molar-refractivity contribution >= 4 is 34.1 Å². The first-order chi connectivity index (χ1) is 13.8. The van der Waals surface area contributed by atoms with Gasteiger partial charge in [0.1, 0.15) is 4.99 Å². The minimum Gasteiger partial charge on any atom is -0.465 e. The summed E-state index contributed by atoms with van der Waals surface area (Å²) in [6.45, 7) is 4.52. The van der Waals surface area contributed by atoms with Crippen molar-refractivity contribution in [3.05, 3.63) is 70.1 Å². The molecule has 0 atom stereocenters. The number of hydrogen-bond donors (Lipinski definition) is 3. The van der Waals surface area contributed by atoms with Gasteiger partial charge in [0, 0.05) is 28.8 Å². The predicted octanol–water partition coefficient (Wildman–Crippen LogP) is 3.73. The minimum absolute atomic E-state index is 0.00869. The molecule has 0 aliphatic carbocycles. The summed E-state index contributed by atoms with van der Waals surface area (Å²) in [7, 11) is 0. The average molecular weight is 410 g/mol. The maximum Gasteiger partial charge on any atom is 0.404 e. The van der Waals surface area contributed by atoms with Crippen LogP contribution in [-0.4, -0.2) is 20.8 Å². The Labute approximate surface area is 174 Å². The Bertz CT molecular complexity index is 1140.